The number of likely N-dealkylation sites (N-methyl/N-ethyl adjacent to an activating group) is 1. The van der Waals surface area contributed by atoms with E-state index in [0.717, 1.165) is 36.1 Å². The smallest absolute Gasteiger partial charge is 0.0307 e. The first-order valence-corrected chi connectivity index (χ1v) is 7.57. The number of hydrogen-bond donors (Lipinski definition) is 1. The van der Waals surface area contributed by atoms with Gasteiger partial charge in [-0.05, 0) is 75.2 Å². The summed E-state index contributed by atoms with van der Waals surface area (Å²) in [5, 5.41) is 3.71. The molecule has 0 aromatic carbocycles. The molecule has 4 aliphatic rings. The molecular weight excluding hydrogens is 206 g/mol. The fourth-order valence-corrected chi connectivity index (χ4v) is 5.37. The van der Waals surface area contributed by atoms with Gasteiger partial charge < -0.3 is 5.32 Å². The SMILES string of the molecule is C=C(C)C(NCC)C1C2CC3CC(C2)CC1C3. The lowest BCUT2D eigenvalue weighted by atomic mass is 9.50. The second kappa shape index (κ2) is 4.42. The zero-order valence-corrected chi connectivity index (χ0v) is 11.4. The number of nitrogens with one attached hydrogen (secondary N) is 1. The summed E-state index contributed by atoms with van der Waals surface area (Å²) in [4.78, 5) is 0. The van der Waals surface area contributed by atoms with Crippen molar-refractivity contribution in [2.24, 2.45) is 29.6 Å². The van der Waals surface area contributed by atoms with Gasteiger partial charge in [0.15, 0.2) is 0 Å². The van der Waals surface area contributed by atoms with Crippen molar-refractivity contribution in [1.29, 1.82) is 0 Å². The lowest BCUT2D eigenvalue weighted by Gasteiger charge is -2.56. The molecule has 0 amide bonds. The molecule has 4 rings (SSSR count). The molecule has 0 aromatic heterocycles. The second-order valence-electron chi connectivity index (χ2n) is 6.89. The van der Waals surface area contributed by atoms with Crippen LogP contribution in [0.15, 0.2) is 12.2 Å². The van der Waals surface area contributed by atoms with Gasteiger partial charge in [0.2, 0.25) is 0 Å². The molecule has 4 aliphatic carbocycles. The fourth-order valence-electron chi connectivity index (χ4n) is 5.37. The van der Waals surface area contributed by atoms with E-state index in [1.807, 2.05) is 0 Å². The van der Waals surface area contributed by atoms with Crippen LogP contribution in [0.1, 0.15) is 46.0 Å². The highest BCUT2D eigenvalue weighted by molar-refractivity contribution is 5.11. The van der Waals surface area contributed by atoms with E-state index in [1.165, 1.54) is 31.3 Å². The Hall–Kier alpha value is -0.300. The number of rotatable bonds is 4. The van der Waals surface area contributed by atoms with E-state index in [0.29, 0.717) is 6.04 Å². The van der Waals surface area contributed by atoms with Gasteiger partial charge in [-0.2, -0.15) is 0 Å². The van der Waals surface area contributed by atoms with E-state index in [2.05, 4.69) is 25.7 Å². The molecule has 0 saturated heterocycles. The van der Waals surface area contributed by atoms with Crippen molar-refractivity contribution in [3.05, 3.63) is 12.2 Å². The van der Waals surface area contributed by atoms with E-state index >= 15 is 0 Å². The maximum absolute atomic E-state index is 4.24. The molecular formula is C16H27N. The zero-order valence-electron chi connectivity index (χ0n) is 11.4. The van der Waals surface area contributed by atoms with Crippen LogP contribution < -0.4 is 5.32 Å². The Balaban J connectivity index is 1.80. The maximum Gasteiger partial charge on any atom is 0.0307 e. The van der Waals surface area contributed by atoms with Crippen molar-refractivity contribution in [1.82, 2.24) is 5.32 Å². The van der Waals surface area contributed by atoms with Crippen molar-refractivity contribution in [2.45, 2.75) is 52.0 Å². The minimum absolute atomic E-state index is 0.593. The molecule has 17 heavy (non-hydrogen) atoms. The van der Waals surface area contributed by atoms with Crippen LogP contribution in [0.3, 0.4) is 0 Å². The van der Waals surface area contributed by atoms with Crippen LogP contribution in [0, 0.1) is 29.6 Å². The average molecular weight is 233 g/mol. The van der Waals surface area contributed by atoms with Crippen LogP contribution in [0.4, 0.5) is 0 Å². The summed E-state index contributed by atoms with van der Waals surface area (Å²) >= 11 is 0. The van der Waals surface area contributed by atoms with Gasteiger partial charge in [0, 0.05) is 6.04 Å². The van der Waals surface area contributed by atoms with E-state index in [9.17, 15) is 0 Å². The molecule has 0 aliphatic heterocycles. The van der Waals surface area contributed by atoms with Gasteiger partial charge in [-0.15, -0.1) is 0 Å². The van der Waals surface area contributed by atoms with Crippen LogP contribution >= 0.6 is 0 Å². The first-order chi connectivity index (χ1) is 8.19. The predicted octanol–water partition coefficient (Wildman–Crippen LogP) is 3.61. The molecule has 0 heterocycles. The van der Waals surface area contributed by atoms with Gasteiger partial charge in [0.05, 0.1) is 0 Å². The summed E-state index contributed by atoms with van der Waals surface area (Å²) in [5.41, 5.74) is 1.37. The Morgan fingerprint density at radius 2 is 1.65 bits per heavy atom. The third-order valence-electron chi connectivity index (χ3n) is 5.64. The quantitative estimate of drug-likeness (QED) is 0.731. The molecule has 1 N–H and O–H groups in total. The van der Waals surface area contributed by atoms with Gasteiger partial charge in [-0.3, -0.25) is 0 Å². The van der Waals surface area contributed by atoms with Crippen LogP contribution in [0.5, 0.6) is 0 Å². The Kier molecular flexibility index (Phi) is 3.06. The topological polar surface area (TPSA) is 12.0 Å². The summed E-state index contributed by atoms with van der Waals surface area (Å²) in [6.07, 6.45) is 7.64. The molecule has 96 valence electrons. The highest BCUT2D eigenvalue weighted by atomic mass is 14.9. The molecule has 4 fully saturated rings. The molecule has 0 aromatic rings. The lowest BCUT2D eigenvalue weighted by molar-refractivity contribution is -0.0465. The van der Waals surface area contributed by atoms with Gasteiger partial charge >= 0.3 is 0 Å². The Morgan fingerprint density at radius 1 is 1.12 bits per heavy atom. The summed E-state index contributed by atoms with van der Waals surface area (Å²) in [6, 6.07) is 0.593. The minimum atomic E-state index is 0.593. The molecule has 1 heteroatoms. The van der Waals surface area contributed by atoms with Gasteiger partial charge in [-0.25, -0.2) is 0 Å². The molecule has 4 saturated carbocycles. The first kappa shape index (κ1) is 11.8. The Bertz CT molecular complexity index is 279. The maximum atomic E-state index is 4.24. The highest BCUT2D eigenvalue weighted by Gasteiger charge is 2.50. The summed E-state index contributed by atoms with van der Waals surface area (Å²) in [6.45, 7) is 9.78. The van der Waals surface area contributed by atoms with Gasteiger partial charge in [0.1, 0.15) is 0 Å². The summed E-state index contributed by atoms with van der Waals surface area (Å²) < 4.78 is 0. The van der Waals surface area contributed by atoms with Gasteiger partial charge in [0.25, 0.3) is 0 Å². The summed E-state index contributed by atoms with van der Waals surface area (Å²) in [5.74, 6) is 5.08. The molecule has 0 radical (unpaired) electrons. The summed E-state index contributed by atoms with van der Waals surface area (Å²) in [7, 11) is 0. The average Bonchev–Trinajstić information content (AvgIpc) is 2.26. The molecule has 0 spiro atoms. The fraction of sp³-hybridized carbons (Fsp3) is 0.875. The van der Waals surface area contributed by atoms with E-state index < -0.39 is 0 Å². The van der Waals surface area contributed by atoms with Crippen molar-refractivity contribution < 1.29 is 0 Å². The monoisotopic (exact) mass is 233 g/mol. The normalized spacial score (nSPS) is 44.9. The standard InChI is InChI=1S/C16H27N/c1-4-17-16(10(2)3)15-13-6-11-5-12(8-13)9-14(15)7-11/h11-17H,2,4-9H2,1,3H3. The van der Waals surface area contributed by atoms with Crippen molar-refractivity contribution in [3.63, 3.8) is 0 Å². The minimum Gasteiger partial charge on any atom is -0.310 e. The Labute approximate surface area is 106 Å². The second-order valence-corrected chi connectivity index (χ2v) is 6.89. The van der Waals surface area contributed by atoms with Crippen LogP contribution in [0.25, 0.3) is 0 Å². The highest BCUT2D eigenvalue weighted by Crippen LogP contribution is 2.57. The third-order valence-corrected chi connectivity index (χ3v) is 5.64. The van der Waals surface area contributed by atoms with Gasteiger partial charge in [-0.1, -0.05) is 19.1 Å². The Morgan fingerprint density at radius 3 is 2.06 bits per heavy atom. The van der Waals surface area contributed by atoms with Crippen LogP contribution in [-0.2, 0) is 0 Å². The first-order valence-electron chi connectivity index (χ1n) is 7.57. The third kappa shape index (κ3) is 1.97. The molecule has 4 bridgehead atoms. The molecule has 1 atom stereocenters. The zero-order chi connectivity index (χ0) is 12.0. The molecule has 1 unspecified atom stereocenters. The van der Waals surface area contributed by atoms with Crippen molar-refractivity contribution in [3.8, 4) is 0 Å². The van der Waals surface area contributed by atoms with Crippen molar-refractivity contribution in [2.75, 3.05) is 6.54 Å². The van der Waals surface area contributed by atoms with Crippen molar-refractivity contribution >= 4 is 0 Å². The van der Waals surface area contributed by atoms with E-state index in [-0.39, 0.29) is 0 Å². The van der Waals surface area contributed by atoms with E-state index in [4.69, 9.17) is 0 Å². The van der Waals surface area contributed by atoms with Crippen LogP contribution in [0.2, 0.25) is 0 Å². The predicted molar refractivity (Wildman–Crippen MR) is 72.8 cm³/mol. The molecule has 1 nitrogen and oxygen atoms in total. The largest absolute Gasteiger partial charge is 0.310 e. The lowest BCUT2D eigenvalue weighted by Crippen LogP contribution is -2.53. The number of hydrogen-bond acceptors (Lipinski definition) is 1. The van der Waals surface area contributed by atoms with E-state index in [1.54, 1.807) is 6.42 Å². The van der Waals surface area contributed by atoms with Crippen LogP contribution in [-0.4, -0.2) is 12.6 Å².